The fourth-order valence-electron chi connectivity index (χ4n) is 3.04. The van der Waals surface area contributed by atoms with Gasteiger partial charge in [0.25, 0.3) is 5.91 Å². The molecule has 1 amide bonds. The fourth-order valence-corrected chi connectivity index (χ4v) is 3.04. The topological polar surface area (TPSA) is 71.3 Å². The number of aromatic nitrogens is 2. The highest BCUT2D eigenvalue weighted by molar-refractivity contribution is 5.98. The molecule has 3 rings (SSSR count). The number of carbonyl (C=O) groups is 1. The first-order valence-corrected chi connectivity index (χ1v) is 10.2. The summed E-state index contributed by atoms with van der Waals surface area (Å²) in [6.07, 6.45) is 3.27. The van der Waals surface area contributed by atoms with Gasteiger partial charge in [0, 0.05) is 24.2 Å². The average molecular weight is 407 g/mol. The summed E-state index contributed by atoms with van der Waals surface area (Å²) in [5.41, 5.74) is 1.31. The minimum Gasteiger partial charge on any atom is -0.467 e. The van der Waals surface area contributed by atoms with Crippen molar-refractivity contribution in [2.45, 2.75) is 59.2 Å². The third-order valence-corrected chi connectivity index (χ3v) is 4.78. The maximum atomic E-state index is 13.5. The standard InChI is InChI=1S/C24H30N4O2/c1-17(2)28(16-18-10-7-6-8-11-18)22(29)20-15-26-23(24(3,4)5)27-21(20)25-14-19-12-9-13-30-19/h6-13,15,17H,14,16H2,1-5H3,(H,25,26,27). The van der Waals surface area contributed by atoms with Crippen molar-refractivity contribution < 1.29 is 9.21 Å². The normalized spacial score (nSPS) is 11.5. The van der Waals surface area contributed by atoms with E-state index in [1.807, 2.05) is 61.2 Å². The number of nitrogens with zero attached hydrogens (tertiary/aromatic N) is 3. The lowest BCUT2D eigenvalue weighted by Gasteiger charge is -2.28. The second-order valence-electron chi connectivity index (χ2n) is 8.65. The van der Waals surface area contributed by atoms with Crippen LogP contribution in [0.5, 0.6) is 0 Å². The first-order valence-electron chi connectivity index (χ1n) is 10.2. The molecule has 0 aliphatic carbocycles. The molecule has 3 aromatic rings. The molecule has 6 heteroatoms. The zero-order chi connectivity index (χ0) is 21.7. The van der Waals surface area contributed by atoms with Crippen molar-refractivity contribution in [2.75, 3.05) is 5.32 Å². The lowest BCUT2D eigenvalue weighted by atomic mass is 9.95. The Morgan fingerprint density at radius 2 is 1.87 bits per heavy atom. The molecule has 30 heavy (non-hydrogen) atoms. The molecule has 0 bridgehead atoms. The molecule has 0 spiro atoms. The van der Waals surface area contributed by atoms with E-state index in [9.17, 15) is 4.79 Å². The lowest BCUT2D eigenvalue weighted by Crippen LogP contribution is -2.37. The van der Waals surface area contributed by atoms with E-state index in [4.69, 9.17) is 9.40 Å². The van der Waals surface area contributed by atoms with Gasteiger partial charge in [0.15, 0.2) is 0 Å². The van der Waals surface area contributed by atoms with E-state index in [0.717, 1.165) is 11.3 Å². The van der Waals surface area contributed by atoms with E-state index in [2.05, 4.69) is 31.1 Å². The van der Waals surface area contributed by atoms with Gasteiger partial charge in [0.2, 0.25) is 0 Å². The highest BCUT2D eigenvalue weighted by Crippen LogP contribution is 2.24. The zero-order valence-corrected chi connectivity index (χ0v) is 18.3. The molecule has 158 valence electrons. The Balaban J connectivity index is 1.93. The molecule has 1 aromatic carbocycles. The Morgan fingerprint density at radius 3 is 2.47 bits per heavy atom. The second-order valence-corrected chi connectivity index (χ2v) is 8.65. The van der Waals surface area contributed by atoms with Crippen molar-refractivity contribution in [2.24, 2.45) is 0 Å². The van der Waals surface area contributed by atoms with Gasteiger partial charge in [-0.2, -0.15) is 0 Å². The number of carbonyl (C=O) groups excluding carboxylic acids is 1. The molecule has 0 radical (unpaired) electrons. The molecule has 0 saturated carbocycles. The number of hydrogen-bond acceptors (Lipinski definition) is 5. The predicted octanol–water partition coefficient (Wildman–Crippen LogP) is 5.03. The van der Waals surface area contributed by atoms with Crippen LogP contribution in [0.25, 0.3) is 0 Å². The summed E-state index contributed by atoms with van der Waals surface area (Å²) >= 11 is 0. The Labute approximate surface area is 178 Å². The van der Waals surface area contributed by atoms with Gasteiger partial charge in [0.1, 0.15) is 23.0 Å². The van der Waals surface area contributed by atoms with Crippen LogP contribution in [0.4, 0.5) is 5.82 Å². The molecular weight excluding hydrogens is 376 g/mol. The molecule has 0 aliphatic heterocycles. The summed E-state index contributed by atoms with van der Waals surface area (Å²) in [6, 6.07) is 13.7. The van der Waals surface area contributed by atoms with Crippen LogP contribution in [0.2, 0.25) is 0 Å². The van der Waals surface area contributed by atoms with Gasteiger partial charge in [-0.15, -0.1) is 0 Å². The smallest absolute Gasteiger partial charge is 0.259 e. The largest absolute Gasteiger partial charge is 0.467 e. The molecule has 6 nitrogen and oxygen atoms in total. The van der Waals surface area contributed by atoms with Crippen molar-refractivity contribution >= 4 is 11.7 Å². The maximum Gasteiger partial charge on any atom is 0.259 e. The Kier molecular flexibility index (Phi) is 6.55. The number of amides is 1. The molecule has 0 fully saturated rings. The average Bonchev–Trinajstić information content (AvgIpc) is 3.23. The minimum absolute atomic E-state index is 0.0259. The van der Waals surface area contributed by atoms with Crippen LogP contribution < -0.4 is 5.32 Å². The van der Waals surface area contributed by atoms with Gasteiger partial charge in [0.05, 0.1) is 12.8 Å². The van der Waals surface area contributed by atoms with Crippen molar-refractivity contribution in [3.63, 3.8) is 0 Å². The van der Waals surface area contributed by atoms with Crippen LogP contribution in [0.1, 0.15) is 62.1 Å². The Morgan fingerprint density at radius 1 is 1.13 bits per heavy atom. The molecular formula is C24H30N4O2. The van der Waals surface area contributed by atoms with Crippen molar-refractivity contribution in [3.8, 4) is 0 Å². The van der Waals surface area contributed by atoms with Gasteiger partial charge in [-0.3, -0.25) is 4.79 Å². The number of hydrogen-bond donors (Lipinski definition) is 1. The van der Waals surface area contributed by atoms with E-state index in [-0.39, 0.29) is 17.4 Å². The van der Waals surface area contributed by atoms with Crippen LogP contribution in [0, 0.1) is 0 Å². The van der Waals surface area contributed by atoms with Gasteiger partial charge in [-0.25, -0.2) is 9.97 Å². The highest BCUT2D eigenvalue weighted by atomic mass is 16.3. The third kappa shape index (κ3) is 5.26. The predicted molar refractivity (Wildman–Crippen MR) is 118 cm³/mol. The van der Waals surface area contributed by atoms with Crippen LogP contribution in [0.3, 0.4) is 0 Å². The first-order chi connectivity index (χ1) is 14.3. The van der Waals surface area contributed by atoms with E-state index in [1.54, 1.807) is 12.5 Å². The van der Waals surface area contributed by atoms with E-state index in [1.165, 1.54) is 0 Å². The fraction of sp³-hybridized carbons (Fsp3) is 0.375. The van der Waals surface area contributed by atoms with Gasteiger partial charge >= 0.3 is 0 Å². The van der Waals surface area contributed by atoms with E-state index >= 15 is 0 Å². The second kappa shape index (κ2) is 9.11. The van der Waals surface area contributed by atoms with Crippen molar-refractivity contribution in [1.29, 1.82) is 0 Å². The Hall–Kier alpha value is -3.15. The Bertz CT molecular complexity index is 961. The minimum atomic E-state index is -0.232. The summed E-state index contributed by atoms with van der Waals surface area (Å²) in [5.74, 6) is 1.88. The van der Waals surface area contributed by atoms with Crippen molar-refractivity contribution in [3.05, 3.63) is 77.6 Å². The summed E-state index contributed by atoms with van der Waals surface area (Å²) in [4.78, 5) is 24.6. The monoisotopic (exact) mass is 406 g/mol. The lowest BCUT2D eigenvalue weighted by molar-refractivity contribution is 0.0690. The molecule has 0 saturated heterocycles. The summed E-state index contributed by atoms with van der Waals surface area (Å²) in [7, 11) is 0. The van der Waals surface area contributed by atoms with Crippen LogP contribution in [0.15, 0.2) is 59.3 Å². The van der Waals surface area contributed by atoms with Crippen LogP contribution in [-0.2, 0) is 18.5 Å². The number of anilines is 1. The van der Waals surface area contributed by atoms with Crippen molar-refractivity contribution in [1.82, 2.24) is 14.9 Å². The van der Waals surface area contributed by atoms with Crippen LogP contribution in [-0.4, -0.2) is 26.8 Å². The maximum absolute atomic E-state index is 13.5. The van der Waals surface area contributed by atoms with Gasteiger partial charge in [-0.05, 0) is 31.5 Å². The quantitative estimate of drug-likeness (QED) is 0.596. The summed E-state index contributed by atoms with van der Waals surface area (Å²) < 4.78 is 5.42. The molecule has 0 unspecified atom stereocenters. The zero-order valence-electron chi connectivity index (χ0n) is 18.3. The summed E-state index contributed by atoms with van der Waals surface area (Å²) in [5, 5.41) is 3.27. The van der Waals surface area contributed by atoms with Gasteiger partial charge < -0.3 is 14.6 Å². The number of benzene rings is 1. The SMILES string of the molecule is CC(C)N(Cc1ccccc1)C(=O)c1cnc(C(C)(C)C)nc1NCc1ccco1. The molecule has 2 heterocycles. The third-order valence-electron chi connectivity index (χ3n) is 4.78. The number of furan rings is 1. The van der Waals surface area contributed by atoms with Gasteiger partial charge in [-0.1, -0.05) is 51.1 Å². The first kappa shape index (κ1) is 21.6. The number of nitrogens with one attached hydrogen (secondary N) is 1. The van der Waals surface area contributed by atoms with E-state index in [0.29, 0.717) is 30.3 Å². The van der Waals surface area contributed by atoms with E-state index < -0.39 is 0 Å². The number of rotatable bonds is 7. The van der Waals surface area contributed by atoms with Crippen LogP contribution >= 0.6 is 0 Å². The molecule has 0 aliphatic rings. The summed E-state index contributed by atoms with van der Waals surface area (Å²) in [6.45, 7) is 11.1. The highest BCUT2D eigenvalue weighted by Gasteiger charge is 2.26. The molecule has 1 N–H and O–H groups in total. The molecule has 2 aromatic heterocycles. The molecule has 0 atom stereocenters.